The van der Waals surface area contributed by atoms with Gasteiger partial charge in [0, 0.05) is 37.7 Å². The molecule has 3 saturated heterocycles. The van der Waals surface area contributed by atoms with Gasteiger partial charge in [-0.1, -0.05) is 12.1 Å². The van der Waals surface area contributed by atoms with E-state index in [1.165, 1.54) is 0 Å². The van der Waals surface area contributed by atoms with Crippen LogP contribution in [0.4, 0.5) is 0 Å². The van der Waals surface area contributed by atoms with Crippen LogP contribution < -0.4 is 16.0 Å². The first kappa shape index (κ1) is 19.7. The fourth-order valence-corrected chi connectivity index (χ4v) is 5.28. The summed E-state index contributed by atoms with van der Waals surface area (Å²) in [5.74, 6) is -0.769. The van der Waals surface area contributed by atoms with E-state index < -0.39 is 6.04 Å². The Hall–Kier alpha value is -2.29. The number of fused-ring (bicyclic) bond motifs is 1. The molecule has 1 spiro atoms. The molecule has 3 atom stereocenters. The number of piperidine rings is 2. The maximum Gasteiger partial charge on any atom is 0.255 e. The van der Waals surface area contributed by atoms with Crippen LogP contribution in [0, 0.1) is 0 Å². The lowest BCUT2D eigenvalue weighted by molar-refractivity contribution is -0.136. The molecule has 0 aromatic heterocycles. The van der Waals surface area contributed by atoms with Gasteiger partial charge >= 0.3 is 0 Å². The highest BCUT2D eigenvalue weighted by Crippen LogP contribution is 2.33. The Bertz CT molecular complexity index is 880. The second kappa shape index (κ2) is 7.76. The average Bonchev–Trinajstić information content (AvgIpc) is 3.29. The van der Waals surface area contributed by atoms with E-state index in [0.29, 0.717) is 37.7 Å². The number of imide groups is 1. The van der Waals surface area contributed by atoms with Crippen LogP contribution in [0.15, 0.2) is 18.2 Å². The number of hydrogen-bond acceptors (Lipinski definition) is 6. The Morgan fingerprint density at radius 1 is 1.27 bits per heavy atom. The molecule has 0 radical (unpaired) electrons. The fraction of sp³-hybridized carbons (Fsp3) is 0.591. The van der Waals surface area contributed by atoms with E-state index in [-0.39, 0.29) is 29.7 Å². The predicted molar refractivity (Wildman–Crippen MR) is 109 cm³/mol. The van der Waals surface area contributed by atoms with Crippen molar-refractivity contribution < 1.29 is 19.1 Å². The van der Waals surface area contributed by atoms with Crippen LogP contribution in [0.1, 0.15) is 53.6 Å². The van der Waals surface area contributed by atoms with Gasteiger partial charge in [-0.05, 0) is 49.4 Å². The van der Waals surface area contributed by atoms with Crippen molar-refractivity contribution in [3.05, 3.63) is 34.9 Å². The first-order valence-electron chi connectivity index (χ1n) is 10.9. The van der Waals surface area contributed by atoms with E-state index in [9.17, 15) is 14.4 Å². The third-order valence-corrected chi connectivity index (χ3v) is 6.90. The summed E-state index contributed by atoms with van der Waals surface area (Å²) in [6.07, 6.45) is 3.90. The lowest BCUT2D eigenvalue weighted by atomic mass is 9.90. The van der Waals surface area contributed by atoms with Crippen LogP contribution >= 0.6 is 0 Å². The molecule has 4 aliphatic heterocycles. The van der Waals surface area contributed by atoms with E-state index in [1.54, 1.807) is 4.90 Å². The first-order chi connectivity index (χ1) is 14.5. The van der Waals surface area contributed by atoms with Gasteiger partial charge in [0.25, 0.3) is 5.91 Å². The molecule has 3 N–H and O–H groups in total. The molecule has 3 unspecified atom stereocenters. The molecular weight excluding hydrogens is 384 g/mol. The summed E-state index contributed by atoms with van der Waals surface area (Å²) in [6.45, 7) is 3.76. The van der Waals surface area contributed by atoms with Crippen LogP contribution in [0.5, 0.6) is 0 Å². The molecule has 3 amide bonds. The highest BCUT2D eigenvalue weighted by atomic mass is 16.5. The van der Waals surface area contributed by atoms with Crippen LogP contribution in [-0.4, -0.2) is 60.0 Å². The smallest absolute Gasteiger partial charge is 0.255 e. The van der Waals surface area contributed by atoms with Crippen LogP contribution in [0.2, 0.25) is 0 Å². The van der Waals surface area contributed by atoms with Crippen LogP contribution in [0.25, 0.3) is 0 Å². The van der Waals surface area contributed by atoms with E-state index >= 15 is 0 Å². The van der Waals surface area contributed by atoms with Gasteiger partial charge in [0.15, 0.2) is 0 Å². The quantitative estimate of drug-likeness (QED) is 0.621. The van der Waals surface area contributed by atoms with E-state index in [1.807, 2.05) is 18.2 Å². The maximum atomic E-state index is 13.0. The molecule has 1 aromatic rings. The molecule has 0 bridgehead atoms. The van der Waals surface area contributed by atoms with Gasteiger partial charge in [-0.15, -0.1) is 0 Å². The largest absolute Gasteiger partial charge is 0.372 e. The van der Waals surface area contributed by atoms with Crippen molar-refractivity contribution in [3.63, 3.8) is 0 Å². The molecular formula is C22H28N4O4. The lowest BCUT2D eigenvalue weighted by Gasteiger charge is -2.33. The Morgan fingerprint density at radius 2 is 2.17 bits per heavy atom. The minimum absolute atomic E-state index is 0.0346. The van der Waals surface area contributed by atoms with E-state index in [0.717, 1.165) is 43.5 Å². The minimum atomic E-state index is -0.578. The second-order valence-electron chi connectivity index (χ2n) is 8.90. The molecule has 1 aromatic carbocycles. The highest BCUT2D eigenvalue weighted by Gasteiger charge is 2.42. The van der Waals surface area contributed by atoms with Gasteiger partial charge in [0.2, 0.25) is 11.8 Å². The summed E-state index contributed by atoms with van der Waals surface area (Å²) in [6, 6.07) is 5.49. The molecule has 0 aliphatic carbocycles. The zero-order valence-electron chi connectivity index (χ0n) is 17.0. The number of hydrogen-bond donors (Lipinski definition) is 3. The summed E-state index contributed by atoms with van der Waals surface area (Å²) >= 11 is 0. The molecule has 0 saturated carbocycles. The molecule has 8 nitrogen and oxygen atoms in total. The van der Waals surface area contributed by atoms with Gasteiger partial charge in [0.05, 0.1) is 12.2 Å². The Labute approximate surface area is 175 Å². The molecule has 30 heavy (non-hydrogen) atoms. The highest BCUT2D eigenvalue weighted by molar-refractivity contribution is 6.05. The van der Waals surface area contributed by atoms with Crippen molar-refractivity contribution in [3.8, 4) is 0 Å². The number of benzene rings is 1. The molecule has 3 fully saturated rings. The Morgan fingerprint density at radius 3 is 2.97 bits per heavy atom. The molecule has 5 rings (SSSR count). The number of carbonyl (C=O) groups is 3. The third-order valence-electron chi connectivity index (χ3n) is 6.90. The summed E-state index contributed by atoms with van der Waals surface area (Å²) in [5.41, 5.74) is 2.69. The molecule has 8 heteroatoms. The Balaban J connectivity index is 1.26. The van der Waals surface area contributed by atoms with Crippen molar-refractivity contribution in [2.45, 2.75) is 62.9 Å². The monoisotopic (exact) mass is 412 g/mol. The summed E-state index contributed by atoms with van der Waals surface area (Å²) in [5, 5.41) is 9.42. The number of amides is 3. The fourth-order valence-electron chi connectivity index (χ4n) is 5.28. The van der Waals surface area contributed by atoms with Gasteiger partial charge in [-0.3, -0.25) is 19.7 Å². The number of carbonyl (C=O) groups excluding carboxylic acids is 3. The maximum absolute atomic E-state index is 13.0. The third kappa shape index (κ3) is 3.53. The van der Waals surface area contributed by atoms with E-state index in [2.05, 4.69) is 16.0 Å². The normalized spacial score (nSPS) is 31.3. The summed E-state index contributed by atoms with van der Waals surface area (Å²) in [4.78, 5) is 38.3. The first-order valence-corrected chi connectivity index (χ1v) is 10.9. The molecule has 4 heterocycles. The van der Waals surface area contributed by atoms with Crippen molar-refractivity contribution >= 4 is 17.7 Å². The minimum Gasteiger partial charge on any atom is -0.372 e. The topological polar surface area (TPSA) is 99.8 Å². The summed E-state index contributed by atoms with van der Waals surface area (Å²) in [7, 11) is 0. The summed E-state index contributed by atoms with van der Waals surface area (Å²) < 4.78 is 6.15. The number of rotatable bonds is 4. The zero-order chi connectivity index (χ0) is 20.7. The van der Waals surface area contributed by atoms with Crippen molar-refractivity contribution in [2.75, 3.05) is 19.7 Å². The van der Waals surface area contributed by atoms with Gasteiger partial charge in [-0.2, -0.15) is 0 Å². The van der Waals surface area contributed by atoms with Crippen molar-refractivity contribution in [2.24, 2.45) is 0 Å². The van der Waals surface area contributed by atoms with E-state index in [4.69, 9.17) is 4.74 Å². The van der Waals surface area contributed by atoms with Crippen LogP contribution in [0.3, 0.4) is 0 Å². The zero-order valence-corrected chi connectivity index (χ0v) is 17.0. The standard InChI is InChI=1S/C22H28N4O4/c27-19-6-5-18(20(28)25-19)26-11-17-14(3-1-4-16(17)21(26)29)10-24-15-9-22(30-12-15)7-2-8-23-13-22/h1,3-4,15,18,23-24H,2,5-13H2,(H,25,27,28). The number of nitrogens with zero attached hydrogens (tertiary/aromatic N) is 1. The Kier molecular flexibility index (Phi) is 5.08. The average molecular weight is 412 g/mol. The SMILES string of the molecule is O=C1CCC(N2Cc3c(CNC4COC5(CCCNC5)C4)cccc3C2=O)C(=O)N1. The number of nitrogens with one attached hydrogen (secondary N) is 3. The lowest BCUT2D eigenvalue weighted by Crippen LogP contribution is -2.52. The predicted octanol–water partition coefficient (Wildman–Crippen LogP) is 0.448. The van der Waals surface area contributed by atoms with Gasteiger partial charge in [-0.25, -0.2) is 0 Å². The van der Waals surface area contributed by atoms with Crippen molar-refractivity contribution in [1.82, 2.24) is 20.9 Å². The van der Waals surface area contributed by atoms with Gasteiger partial charge < -0.3 is 20.3 Å². The molecule has 4 aliphatic rings. The number of ether oxygens (including phenoxy) is 1. The van der Waals surface area contributed by atoms with Crippen molar-refractivity contribution in [1.29, 1.82) is 0 Å². The van der Waals surface area contributed by atoms with Crippen LogP contribution in [-0.2, 0) is 27.4 Å². The second-order valence-corrected chi connectivity index (χ2v) is 8.90. The molecule has 160 valence electrons. The van der Waals surface area contributed by atoms with Gasteiger partial charge in [0.1, 0.15) is 6.04 Å².